The SMILES string of the molecule is CCOC[C@@H]1CN(C(=O)c2cccn2C)Cc2cnn(CC3CC3)c21. The van der Waals surface area contributed by atoms with Crippen molar-refractivity contribution >= 4 is 5.91 Å². The van der Waals surface area contributed by atoms with E-state index in [-0.39, 0.29) is 11.8 Å². The predicted molar refractivity (Wildman–Crippen MR) is 94.3 cm³/mol. The summed E-state index contributed by atoms with van der Waals surface area (Å²) in [4.78, 5) is 14.9. The van der Waals surface area contributed by atoms with Crippen LogP contribution in [0.15, 0.2) is 24.5 Å². The van der Waals surface area contributed by atoms with Gasteiger partial charge in [0.05, 0.1) is 18.5 Å². The van der Waals surface area contributed by atoms with Gasteiger partial charge < -0.3 is 14.2 Å². The Balaban J connectivity index is 1.60. The van der Waals surface area contributed by atoms with Crippen molar-refractivity contribution in [3.63, 3.8) is 0 Å². The highest BCUT2D eigenvalue weighted by atomic mass is 16.5. The highest BCUT2D eigenvalue weighted by molar-refractivity contribution is 5.93. The molecule has 1 saturated carbocycles. The number of aryl methyl sites for hydroxylation is 1. The van der Waals surface area contributed by atoms with Gasteiger partial charge in [-0.25, -0.2) is 0 Å². The maximum absolute atomic E-state index is 12.9. The van der Waals surface area contributed by atoms with Gasteiger partial charge in [0.15, 0.2) is 0 Å². The molecule has 2 aliphatic rings. The Kier molecular flexibility index (Phi) is 4.37. The van der Waals surface area contributed by atoms with Crippen LogP contribution < -0.4 is 0 Å². The molecule has 1 atom stereocenters. The Morgan fingerprint density at radius 1 is 1.40 bits per heavy atom. The van der Waals surface area contributed by atoms with Crippen LogP contribution in [0, 0.1) is 5.92 Å². The summed E-state index contributed by atoms with van der Waals surface area (Å²) < 4.78 is 9.78. The van der Waals surface area contributed by atoms with Crippen LogP contribution in [0.3, 0.4) is 0 Å². The molecule has 6 nitrogen and oxygen atoms in total. The van der Waals surface area contributed by atoms with Crippen LogP contribution in [0.2, 0.25) is 0 Å². The molecule has 4 rings (SSSR count). The van der Waals surface area contributed by atoms with Gasteiger partial charge in [-0.2, -0.15) is 5.10 Å². The van der Waals surface area contributed by atoms with Crippen molar-refractivity contribution in [3.05, 3.63) is 41.5 Å². The molecule has 0 saturated heterocycles. The van der Waals surface area contributed by atoms with Gasteiger partial charge in [-0.3, -0.25) is 9.48 Å². The highest BCUT2D eigenvalue weighted by Crippen LogP contribution is 2.34. The second kappa shape index (κ2) is 6.67. The molecule has 2 aromatic rings. The second-order valence-electron chi connectivity index (χ2n) is 7.23. The number of carbonyl (C=O) groups is 1. The fourth-order valence-electron chi connectivity index (χ4n) is 3.73. The smallest absolute Gasteiger partial charge is 0.270 e. The van der Waals surface area contributed by atoms with Crippen LogP contribution in [-0.4, -0.2) is 44.9 Å². The maximum Gasteiger partial charge on any atom is 0.270 e. The summed E-state index contributed by atoms with van der Waals surface area (Å²) in [5, 5.41) is 4.63. The van der Waals surface area contributed by atoms with E-state index in [0.717, 1.165) is 18.2 Å². The molecule has 134 valence electrons. The van der Waals surface area contributed by atoms with Crippen molar-refractivity contribution in [3.8, 4) is 0 Å². The lowest BCUT2D eigenvalue weighted by Crippen LogP contribution is -2.40. The van der Waals surface area contributed by atoms with E-state index in [2.05, 4.69) is 9.78 Å². The summed E-state index contributed by atoms with van der Waals surface area (Å²) in [5.41, 5.74) is 3.17. The molecule has 0 spiro atoms. The fourth-order valence-corrected chi connectivity index (χ4v) is 3.73. The number of carbonyl (C=O) groups excluding carboxylic acids is 1. The third-order valence-electron chi connectivity index (χ3n) is 5.25. The third-order valence-corrected chi connectivity index (χ3v) is 5.25. The topological polar surface area (TPSA) is 52.3 Å². The van der Waals surface area contributed by atoms with Gasteiger partial charge in [0.2, 0.25) is 0 Å². The lowest BCUT2D eigenvalue weighted by Gasteiger charge is -2.33. The van der Waals surface area contributed by atoms with E-state index >= 15 is 0 Å². The fraction of sp³-hybridized carbons (Fsp3) is 0.579. The summed E-state index contributed by atoms with van der Waals surface area (Å²) in [5.74, 6) is 1.04. The van der Waals surface area contributed by atoms with Crippen LogP contribution in [0.25, 0.3) is 0 Å². The van der Waals surface area contributed by atoms with Crippen molar-refractivity contribution < 1.29 is 9.53 Å². The molecule has 0 N–H and O–H groups in total. The number of nitrogens with zero attached hydrogens (tertiary/aromatic N) is 4. The van der Waals surface area contributed by atoms with Gasteiger partial charge >= 0.3 is 0 Å². The first-order valence-corrected chi connectivity index (χ1v) is 9.20. The Morgan fingerprint density at radius 3 is 2.92 bits per heavy atom. The van der Waals surface area contributed by atoms with Crippen LogP contribution in [0.4, 0.5) is 0 Å². The average molecular weight is 342 g/mol. The summed E-state index contributed by atoms with van der Waals surface area (Å²) in [6, 6.07) is 3.79. The molecule has 1 aliphatic heterocycles. The van der Waals surface area contributed by atoms with Gasteiger partial charge in [-0.15, -0.1) is 0 Å². The molecule has 1 aliphatic carbocycles. The van der Waals surface area contributed by atoms with E-state index in [9.17, 15) is 4.79 Å². The standard InChI is InChI=1S/C19H26N4O2/c1-3-25-13-16-12-22(19(24)17-5-4-8-21(17)2)11-15-9-20-23(18(15)16)10-14-6-7-14/h4-5,8-9,14,16H,3,6-7,10-13H2,1-2H3/t16-/m0/s1. The largest absolute Gasteiger partial charge is 0.381 e. The Morgan fingerprint density at radius 2 is 2.24 bits per heavy atom. The van der Waals surface area contributed by atoms with E-state index in [1.165, 1.54) is 24.1 Å². The number of fused-ring (bicyclic) bond motifs is 1. The summed E-state index contributed by atoms with van der Waals surface area (Å²) >= 11 is 0. The Labute approximate surface area is 148 Å². The van der Waals surface area contributed by atoms with Gasteiger partial charge in [0.1, 0.15) is 5.69 Å². The van der Waals surface area contributed by atoms with E-state index in [1.807, 2.05) is 48.0 Å². The first kappa shape index (κ1) is 16.4. The van der Waals surface area contributed by atoms with Crippen LogP contribution in [0.5, 0.6) is 0 Å². The monoisotopic (exact) mass is 342 g/mol. The van der Waals surface area contributed by atoms with E-state index in [1.54, 1.807) is 0 Å². The molecular weight excluding hydrogens is 316 g/mol. The number of aromatic nitrogens is 3. The summed E-state index contributed by atoms with van der Waals surface area (Å²) in [6.45, 7) is 5.66. The number of amides is 1. The first-order chi connectivity index (χ1) is 12.2. The average Bonchev–Trinajstić information content (AvgIpc) is 3.18. The van der Waals surface area contributed by atoms with Crippen LogP contribution >= 0.6 is 0 Å². The zero-order chi connectivity index (χ0) is 17.4. The quantitative estimate of drug-likeness (QED) is 0.810. The predicted octanol–water partition coefficient (Wildman–Crippen LogP) is 2.41. The minimum absolute atomic E-state index is 0.0783. The van der Waals surface area contributed by atoms with E-state index < -0.39 is 0 Å². The van der Waals surface area contributed by atoms with Gasteiger partial charge in [-0.1, -0.05) is 0 Å². The van der Waals surface area contributed by atoms with Crippen molar-refractivity contribution in [2.45, 2.75) is 38.8 Å². The number of ether oxygens (including phenoxy) is 1. The van der Waals surface area contributed by atoms with Gasteiger partial charge in [-0.05, 0) is 37.8 Å². The maximum atomic E-state index is 12.9. The number of hydrogen-bond acceptors (Lipinski definition) is 3. The summed E-state index contributed by atoms with van der Waals surface area (Å²) in [6.07, 6.45) is 6.47. The lowest BCUT2D eigenvalue weighted by atomic mass is 9.96. The van der Waals surface area contributed by atoms with Crippen LogP contribution in [-0.2, 0) is 24.9 Å². The summed E-state index contributed by atoms with van der Waals surface area (Å²) in [7, 11) is 1.91. The minimum atomic E-state index is 0.0783. The molecule has 3 heterocycles. The zero-order valence-electron chi connectivity index (χ0n) is 15.0. The molecule has 1 amide bonds. The van der Waals surface area contributed by atoms with E-state index in [0.29, 0.717) is 26.3 Å². The normalized spacial score (nSPS) is 19.9. The van der Waals surface area contributed by atoms with Gasteiger partial charge in [0.25, 0.3) is 5.91 Å². The molecule has 0 radical (unpaired) electrons. The lowest BCUT2D eigenvalue weighted by molar-refractivity contribution is 0.0638. The molecule has 2 aromatic heterocycles. The molecular formula is C19H26N4O2. The molecule has 0 bridgehead atoms. The third kappa shape index (κ3) is 3.23. The van der Waals surface area contributed by atoms with Crippen molar-refractivity contribution in [2.75, 3.05) is 19.8 Å². The highest BCUT2D eigenvalue weighted by Gasteiger charge is 2.34. The van der Waals surface area contributed by atoms with Crippen molar-refractivity contribution in [1.29, 1.82) is 0 Å². The minimum Gasteiger partial charge on any atom is -0.381 e. The Bertz CT molecular complexity index is 759. The van der Waals surface area contributed by atoms with Crippen molar-refractivity contribution in [1.82, 2.24) is 19.2 Å². The first-order valence-electron chi connectivity index (χ1n) is 9.20. The zero-order valence-corrected chi connectivity index (χ0v) is 15.0. The second-order valence-corrected chi connectivity index (χ2v) is 7.23. The van der Waals surface area contributed by atoms with Crippen molar-refractivity contribution in [2.24, 2.45) is 13.0 Å². The van der Waals surface area contributed by atoms with Crippen LogP contribution in [0.1, 0.15) is 47.4 Å². The van der Waals surface area contributed by atoms with E-state index in [4.69, 9.17) is 4.74 Å². The molecule has 6 heteroatoms. The Hall–Kier alpha value is -2.08. The molecule has 0 aromatic carbocycles. The molecule has 1 fully saturated rings. The molecule has 0 unspecified atom stereocenters. The molecule has 25 heavy (non-hydrogen) atoms. The van der Waals surface area contributed by atoms with Gasteiger partial charge in [0, 0.05) is 51.0 Å². The number of rotatable bonds is 6. The number of hydrogen-bond donors (Lipinski definition) is 0.